The van der Waals surface area contributed by atoms with Crippen LogP contribution >= 0.6 is 0 Å². The van der Waals surface area contributed by atoms with Crippen LogP contribution in [0.5, 0.6) is 0 Å². The number of epoxide rings is 1. The Hall–Kier alpha value is -0.710. The summed E-state index contributed by atoms with van der Waals surface area (Å²) < 4.78 is 18.7. The highest BCUT2D eigenvalue weighted by atomic mass is 16.8. The molecule has 0 unspecified atom stereocenters. The average Bonchev–Trinajstić information content (AvgIpc) is 3.19. The summed E-state index contributed by atoms with van der Waals surface area (Å²) in [5.41, 5.74) is 1.29. The molecule has 2 heterocycles. The smallest absolute Gasteiger partial charge is 0.164 e. The van der Waals surface area contributed by atoms with Crippen molar-refractivity contribution in [2.45, 2.75) is 103 Å². The number of ether oxygens (including phenoxy) is 3. The first-order valence-corrected chi connectivity index (χ1v) is 11.4. The van der Waals surface area contributed by atoms with E-state index in [1.807, 2.05) is 13.8 Å². The second-order valence-electron chi connectivity index (χ2n) is 11.4. The molecule has 0 aromatic carbocycles. The topological polar surface area (TPSA) is 48.1 Å². The molecular formula is C24H34O4. The molecule has 6 aliphatic rings. The zero-order valence-corrected chi connectivity index (χ0v) is 17.9. The fraction of sp³-hybridized carbons (Fsp3) is 0.875. The highest BCUT2D eigenvalue weighted by molar-refractivity contribution is 5.90. The Morgan fingerprint density at radius 3 is 2.57 bits per heavy atom. The molecule has 154 valence electrons. The first kappa shape index (κ1) is 18.1. The van der Waals surface area contributed by atoms with Gasteiger partial charge in [-0.1, -0.05) is 19.9 Å². The van der Waals surface area contributed by atoms with E-state index in [2.05, 4.69) is 19.9 Å². The molecule has 0 N–H and O–H groups in total. The van der Waals surface area contributed by atoms with Gasteiger partial charge >= 0.3 is 0 Å². The van der Waals surface area contributed by atoms with Crippen LogP contribution in [0.4, 0.5) is 0 Å². The van der Waals surface area contributed by atoms with Gasteiger partial charge in [0.2, 0.25) is 0 Å². The minimum absolute atomic E-state index is 0.0263. The summed E-state index contributed by atoms with van der Waals surface area (Å²) in [6, 6.07) is 0. The minimum Gasteiger partial charge on any atom is -0.357 e. The molecule has 0 spiro atoms. The zero-order chi connectivity index (χ0) is 19.7. The highest BCUT2D eigenvalue weighted by Gasteiger charge is 2.79. The molecule has 0 amide bonds. The predicted octanol–water partition coefficient (Wildman–Crippen LogP) is 4.42. The number of carbonyl (C=O) groups is 1. The van der Waals surface area contributed by atoms with Gasteiger partial charge in [0.15, 0.2) is 17.2 Å². The van der Waals surface area contributed by atoms with E-state index in [4.69, 9.17) is 14.2 Å². The SMILES string of the molecule is CC(=O)[C@@]12O[C@@H]1C[C@H]1[C@@H]3CC=C4[C@H]5OC(C)(C)O[C@H]5CC[C@]4(C)[C@H]3CC[C@@]12C. The number of allylic oxidation sites excluding steroid dienone is 1. The largest absolute Gasteiger partial charge is 0.357 e. The van der Waals surface area contributed by atoms with Crippen molar-refractivity contribution in [3.05, 3.63) is 11.6 Å². The average molecular weight is 387 g/mol. The molecule has 2 aliphatic heterocycles. The molecule has 3 saturated carbocycles. The molecule has 4 aliphatic carbocycles. The number of Topliss-reactive ketones (excluding diaryl/α,β-unsaturated/α-hetero) is 1. The zero-order valence-electron chi connectivity index (χ0n) is 17.9. The summed E-state index contributed by atoms with van der Waals surface area (Å²) >= 11 is 0. The maximum absolute atomic E-state index is 12.5. The molecule has 2 saturated heterocycles. The molecule has 4 nitrogen and oxygen atoms in total. The lowest BCUT2D eigenvalue weighted by molar-refractivity contribution is -0.143. The third-order valence-corrected chi connectivity index (χ3v) is 9.92. The second kappa shape index (κ2) is 5.12. The fourth-order valence-electron chi connectivity index (χ4n) is 8.71. The number of hydrogen-bond acceptors (Lipinski definition) is 4. The van der Waals surface area contributed by atoms with Gasteiger partial charge in [0.1, 0.15) is 6.10 Å². The molecule has 4 heteroatoms. The van der Waals surface area contributed by atoms with Crippen molar-refractivity contribution in [3.8, 4) is 0 Å². The van der Waals surface area contributed by atoms with Crippen molar-refractivity contribution in [2.24, 2.45) is 28.6 Å². The molecule has 0 bridgehead atoms. The van der Waals surface area contributed by atoms with Crippen LogP contribution in [-0.4, -0.2) is 35.5 Å². The van der Waals surface area contributed by atoms with Crippen molar-refractivity contribution >= 4 is 5.78 Å². The fourth-order valence-corrected chi connectivity index (χ4v) is 8.71. The predicted molar refractivity (Wildman–Crippen MR) is 105 cm³/mol. The molecule has 28 heavy (non-hydrogen) atoms. The number of rotatable bonds is 1. The maximum Gasteiger partial charge on any atom is 0.164 e. The normalized spacial score (nSPS) is 58.0. The van der Waals surface area contributed by atoms with Crippen molar-refractivity contribution in [1.29, 1.82) is 0 Å². The van der Waals surface area contributed by atoms with E-state index in [1.54, 1.807) is 6.92 Å². The maximum atomic E-state index is 12.5. The first-order chi connectivity index (χ1) is 13.1. The Bertz CT molecular complexity index is 785. The number of carbonyl (C=O) groups excluding carboxylic acids is 1. The van der Waals surface area contributed by atoms with Crippen LogP contribution in [0.2, 0.25) is 0 Å². The van der Waals surface area contributed by atoms with Gasteiger partial charge in [-0.05, 0) is 88.0 Å². The van der Waals surface area contributed by atoms with Crippen LogP contribution in [0, 0.1) is 28.6 Å². The van der Waals surface area contributed by atoms with Gasteiger partial charge in [-0.2, -0.15) is 0 Å². The van der Waals surface area contributed by atoms with E-state index >= 15 is 0 Å². The van der Waals surface area contributed by atoms with Gasteiger partial charge in [0.05, 0.1) is 12.2 Å². The van der Waals surface area contributed by atoms with E-state index < -0.39 is 11.4 Å². The molecule has 0 radical (unpaired) electrons. The summed E-state index contributed by atoms with van der Waals surface area (Å²) in [5, 5.41) is 0. The van der Waals surface area contributed by atoms with Crippen molar-refractivity contribution in [2.75, 3.05) is 0 Å². The van der Waals surface area contributed by atoms with Gasteiger partial charge in [0.25, 0.3) is 0 Å². The number of ketones is 1. The second-order valence-corrected chi connectivity index (χ2v) is 11.4. The summed E-state index contributed by atoms with van der Waals surface area (Å²) in [7, 11) is 0. The van der Waals surface area contributed by atoms with Gasteiger partial charge in [-0.25, -0.2) is 0 Å². The Kier molecular flexibility index (Phi) is 3.31. The van der Waals surface area contributed by atoms with Gasteiger partial charge in [0, 0.05) is 5.41 Å². The lowest BCUT2D eigenvalue weighted by Gasteiger charge is -2.58. The van der Waals surface area contributed by atoms with Crippen LogP contribution in [0.3, 0.4) is 0 Å². The van der Waals surface area contributed by atoms with Crippen molar-refractivity contribution < 1.29 is 19.0 Å². The Balaban J connectivity index is 1.36. The van der Waals surface area contributed by atoms with Crippen molar-refractivity contribution in [3.63, 3.8) is 0 Å². The van der Waals surface area contributed by atoms with Crippen LogP contribution in [0.15, 0.2) is 11.6 Å². The van der Waals surface area contributed by atoms with Crippen LogP contribution in [0.1, 0.15) is 73.1 Å². The lowest BCUT2D eigenvalue weighted by atomic mass is 9.46. The molecule has 6 rings (SSSR count). The van der Waals surface area contributed by atoms with E-state index in [9.17, 15) is 4.79 Å². The molecule has 9 atom stereocenters. The summed E-state index contributed by atoms with van der Waals surface area (Å²) in [5.74, 6) is 1.77. The third-order valence-electron chi connectivity index (χ3n) is 9.92. The van der Waals surface area contributed by atoms with E-state index in [1.165, 1.54) is 18.4 Å². The first-order valence-electron chi connectivity index (χ1n) is 11.4. The van der Waals surface area contributed by atoms with Gasteiger partial charge in [-0.15, -0.1) is 0 Å². The number of hydrogen-bond donors (Lipinski definition) is 0. The van der Waals surface area contributed by atoms with Crippen molar-refractivity contribution in [1.82, 2.24) is 0 Å². The van der Waals surface area contributed by atoms with Crippen LogP contribution in [-0.2, 0) is 19.0 Å². The lowest BCUT2D eigenvalue weighted by Crippen LogP contribution is -2.55. The minimum atomic E-state index is -0.471. The highest BCUT2D eigenvalue weighted by Crippen LogP contribution is 2.73. The summed E-state index contributed by atoms with van der Waals surface area (Å²) in [6.07, 6.45) is 9.86. The molecular weight excluding hydrogens is 352 g/mol. The quantitative estimate of drug-likeness (QED) is 0.495. The molecule has 0 aromatic heterocycles. The van der Waals surface area contributed by atoms with E-state index in [0.717, 1.165) is 25.7 Å². The number of fused-ring (bicyclic) bond motifs is 9. The van der Waals surface area contributed by atoms with Gasteiger partial charge < -0.3 is 14.2 Å². The molecule has 5 fully saturated rings. The Morgan fingerprint density at radius 1 is 1.04 bits per heavy atom. The van der Waals surface area contributed by atoms with Crippen LogP contribution < -0.4 is 0 Å². The molecule has 0 aromatic rings. The van der Waals surface area contributed by atoms with E-state index in [0.29, 0.717) is 17.8 Å². The van der Waals surface area contributed by atoms with Crippen LogP contribution in [0.25, 0.3) is 0 Å². The Labute approximate surface area is 168 Å². The monoisotopic (exact) mass is 386 g/mol. The van der Waals surface area contributed by atoms with E-state index in [-0.39, 0.29) is 34.9 Å². The third kappa shape index (κ3) is 1.91. The Morgan fingerprint density at radius 2 is 1.82 bits per heavy atom. The van der Waals surface area contributed by atoms with Gasteiger partial charge in [-0.3, -0.25) is 4.79 Å². The standard InChI is InChI=1S/C24H34O4/c1-13(25)24-19(27-24)12-17-14-6-7-16-20-18(26-21(2,3)28-20)9-10-22(16,4)15(14)8-11-23(17,24)5/h7,14-15,17-20H,6,8-12H2,1-5H3/t14-,15+,17+,18+,19-,20-,22-,23+,24-/m1/s1. The summed E-state index contributed by atoms with van der Waals surface area (Å²) in [4.78, 5) is 12.5. The summed E-state index contributed by atoms with van der Waals surface area (Å²) in [6.45, 7) is 10.7.